The molecule has 2 rings (SSSR count). The maximum Gasteiger partial charge on any atom is 0.100 e. The normalized spacial score (nSPS) is 9.83. The summed E-state index contributed by atoms with van der Waals surface area (Å²) in [5, 5.41) is 12.1. The van der Waals surface area contributed by atoms with Gasteiger partial charge in [0.2, 0.25) is 0 Å². The highest BCUT2D eigenvalue weighted by molar-refractivity contribution is 9.10. The number of hydrogen-bond donors (Lipinski definition) is 2. The van der Waals surface area contributed by atoms with Crippen LogP contribution in [0.2, 0.25) is 0 Å². The molecule has 0 saturated heterocycles. The van der Waals surface area contributed by atoms with Crippen molar-refractivity contribution in [3.8, 4) is 6.07 Å². The first-order valence-corrected chi connectivity index (χ1v) is 6.22. The highest BCUT2D eigenvalue weighted by atomic mass is 79.9. The first-order chi connectivity index (χ1) is 8.60. The van der Waals surface area contributed by atoms with Crippen molar-refractivity contribution in [2.75, 3.05) is 11.1 Å². The second kappa shape index (κ2) is 5.11. The van der Waals surface area contributed by atoms with Crippen LogP contribution in [0.3, 0.4) is 0 Å². The third-order valence-corrected chi connectivity index (χ3v) is 3.23. The van der Waals surface area contributed by atoms with Gasteiger partial charge in [-0.3, -0.25) is 0 Å². The topological polar surface area (TPSA) is 61.8 Å². The van der Waals surface area contributed by atoms with E-state index in [9.17, 15) is 0 Å². The number of hydrogen-bond acceptors (Lipinski definition) is 3. The monoisotopic (exact) mass is 301 g/mol. The van der Waals surface area contributed by atoms with E-state index >= 15 is 0 Å². The van der Waals surface area contributed by atoms with Crippen molar-refractivity contribution in [2.24, 2.45) is 0 Å². The lowest BCUT2D eigenvalue weighted by Gasteiger charge is -2.10. The molecule has 0 radical (unpaired) electrons. The van der Waals surface area contributed by atoms with Gasteiger partial charge in [-0.25, -0.2) is 0 Å². The molecule has 2 aromatic carbocycles. The van der Waals surface area contributed by atoms with Gasteiger partial charge in [-0.15, -0.1) is 0 Å². The summed E-state index contributed by atoms with van der Waals surface area (Å²) in [6, 6.07) is 13.4. The second-order valence-electron chi connectivity index (χ2n) is 4.02. The van der Waals surface area contributed by atoms with Crippen LogP contribution >= 0.6 is 15.9 Å². The molecule has 3 nitrogen and oxygen atoms in total. The van der Waals surface area contributed by atoms with Crippen molar-refractivity contribution in [1.82, 2.24) is 0 Å². The van der Waals surface area contributed by atoms with E-state index in [1.807, 2.05) is 37.3 Å². The van der Waals surface area contributed by atoms with Crippen molar-refractivity contribution in [1.29, 1.82) is 5.26 Å². The van der Waals surface area contributed by atoms with Gasteiger partial charge in [0.15, 0.2) is 0 Å². The maximum atomic E-state index is 8.86. The summed E-state index contributed by atoms with van der Waals surface area (Å²) in [5.74, 6) is 0. The number of nitriles is 1. The molecule has 90 valence electrons. The van der Waals surface area contributed by atoms with E-state index in [1.54, 1.807) is 6.07 Å². The van der Waals surface area contributed by atoms with Crippen LogP contribution in [0.25, 0.3) is 0 Å². The van der Waals surface area contributed by atoms with Crippen molar-refractivity contribution < 1.29 is 0 Å². The van der Waals surface area contributed by atoms with Gasteiger partial charge in [0.1, 0.15) is 6.07 Å². The number of nitrogens with one attached hydrogen (secondary N) is 1. The predicted octanol–water partition coefficient (Wildman–Crippen LogP) is 3.96. The van der Waals surface area contributed by atoms with E-state index in [0.29, 0.717) is 11.3 Å². The fraction of sp³-hybridized carbons (Fsp3) is 0.0714. The fourth-order valence-electron chi connectivity index (χ4n) is 1.62. The molecule has 0 bridgehead atoms. The molecule has 0 aromatic heterocycles. The number of aryl methyl sites for hydroxylation is 1. The lowest BCUT2D eigenvalue weighted by atomic mass is 10.1. The lowest BCUT2D eigenvalue weighted by molar-refractivity contribution is 1.43. The molecule has 0 fully saturated rings. The van der Waals surface area contributed by atoms with Crippen molar-refractivity contribution in [3.05, 3.63) is 52.0 Å². The summed E-state index contributed by atoms with van der Waals surface area (Å²) in [7, 11) is 0. The van der Waals surface area contributed by atoms with E-state index < -0.39 is 0 Å². The Morgan fingerprint density at radius 3 is 2.67 bits per heavy atom. The van der Waals surface area contributed by atoms with Gasteiger partial charge in [-0.05, 0) is 58.7 Å². The van der Waals surface area contributed by atoms with E-state index in [-0.39, 0.29) is 0 Å². The van der Waals surface area contributed by atoms with Gasteiger partial charge in [0, 0.05) is 10.2 Å². The minimum absolute atomic E-state index is 0.609. The molecular weight excluding hydrogens is 290 g/mol. The van der Waals surface area contributed by atoms with Crippen LogP contribution in [0.1, 0.15) is 11.1 Å². The van der Waals surface area contributed by atoms with Gasteiger partial charge in [-0.2, -0.15) is 5.26 Å². The Balaban J connectivity index is 2.32. The third kappa shape index (κ3) is 2.63. The summed E-state index contributed by atoms with van der Waals surface area (Å²) < 4.78 is 0.765. The van der Waals surface area contributed by atoms with Crippen LogP contribution in [-0.2, 0) is 0 Å². The van der Waals surface area contributed by atoms with Gasteiger partial charge in [0.05, 0.1) is 16.9 Å². The standard InChI is InChI=1S/C14H12BrN3/c1-9-2-5-13(17)14(6-9)18-11-4-3-10(8-16)12(15)7-11/h2-7,18H,17H2,1H3. The Morgan fingerprint density at radius 1 is 1.22 bits per heavy atom. The van der Waals surface area contributed by atoms with Crippen molar-refractivity contribution in [2.45, 2.75) is 6.92 Å². The van der Waals surface area contributed by atoms with Gasteiger partial charge in [-0.1, -0.05) is 6.07 Å². The zero-order valence-corrected chi connectivity index (χ0v) is 11.5. The number of halogens is 1. The minimum atomic E-state index is 0.609. The SMILES string of the molecule is Cc1ccc(N)c(Nc2ccc(C#N)c(Br)c2)c1. The minimum Gasteiger partial charge on any atom is -0.397 e. The van der Waals surface area contributed by atoms with Crippen LogP contribution < -0.4 is 11.1 Å². The molecule has 2 aromatic rings. The molecule has 0 unspecified atom stereocenters. The van der Waals surface area contributed by atoms with Crippen LogP contribution in [-0.4, -0.2) is 0 Å². The smallest absolute Gasteiger partial charge is 0.100 e. The summed E-state index contributed by atoms with van der Waals surface area (Å²) in [5.41, 5.74) is 10.1. The van der Waals surface area contributed by atoms with E-state index in [4.69, 9.17) is 11.0 Å². The highest BCUT2D eigenvalue weighted by Gasteiger charge is 2.03. The van der Waals surface area contributed by atoms with E-state index in [1.165, 1.54) is 0 Å². The second-order valence-corrected chi connectivity index (χ2v) is 4.88. The third-order valence-electron chi connectivity index (χ3n) is 2.58. The zero-order chi connectivity index (χ0) is 13.1. The predicted molar refractivity (Wildman–Crippen MR) is 77.7 cm³/mol. The average Bonchev–Trinajstić information content (AvgIpc) is 2.34. The Kier molecular flexibility index (Phi) is 3.54. The van der Waals surface area contributed by atoms with Crippen molar-refractivity contribution >= 4 is 33.0 Å². The lowest BCUT2D eigenvalue weighted by Crippen LogP contribution is -1.97. The van der Waals surface area contributed by atoms with E-state index in [0.717, 1.165) is 21.4 Å². The summed E-state index contributed by atoms with van der Waals surface area (Å²) in [6.07, 6.45) is 0. The first-order valence-electron chi connectivity index (χ1n) is 5.43. The van der Waals surface area contributed by atoms with E-state index in [2.05, 4.69) is 27.3 Å². The molecule has 0 saturated carbocycles. The highest BCUT2D eigenvalue weighted by Crippen LogP contribution is 2.27. The summed E-state index contributed by atoms with van der Waals surface area (Å²) >= 11 is 3.36. The molecule has 0 heterocycles. The Hall–Kier alpha value is -1.99. The molecule has 0 atom stereocenters. The Labute approximate surface area is 114 Å². The maximum absolute atomic E-state index is 8.86. The van der Waals surface area contributed by atoms with Crippen molar-refractivity contribution in [3.63, 3.8) is 0 Å². The van der Waals surface area contributed by atoms with Crippen LogP contribution in [0.5, 0.6) is 0 Å². The number of nitrogens with two attached hydrogens (primary N) is 1. The summed E-state index contributed by atoms with van der Waals surface area (Å²) in [6.45, 7) is 2.01. The molecule has 0 spiro atoms. The molecule has 4 heteroatoms. The number of nitrogens with zero attached hydrogens (tertiary/aromatic N) is 1. The molecule has 0 aliphatic heterocycles. The van der Waals surface area contributed by atoms with Crippen LogP contribution in [0.15, 0.2) is 40.9 Å². The summed E-state index contributed by atoms with van der Waals surface area (Å²) in [4.78, 5) is 0. The fourth-order valence-corrected chi connectivity index (χ4v) is 2.08. The van der Waals surface area contributed by atoms with Crippen LogP contribution in [0, 0.1) is 18.3 Å². The van der Waals surface area contributed by atoms with Gasteiger partial charge < -0.3 is 11.1 Å². The molecule has 0 amide bonds. The number of anilines is 3. The largest absolute Gasteiger partial charge is 0.397 e. The molecule has 0 aliphatic rings. The van der Waals surface area contributed by atoms with Gasteiger partial charge in [0.25, 0.3) is 0 Å². The van der Waals surface area contributed by atoms with Crippen LogP contribution in [0.4, 0.5) is 17.1 Å². The Morgan fingerprint density at radius 2 is 2.00 bits per heavy atom. The Bertz CT molecular complexity index is 629. The quantitative estimate of drug-likeness (QED) is 0.826. The molecule has 0 aliphatic carbocycles. The van der Waals surface area contributed by atoms with Gasteiger partial charge >= 0.3 is 0 Å². The number of nitrogen functional groups attached to an aromatic ring is 1. The number of benzene rings is 2. The first kappa shape index (κ1) is 12.5. The average molecular weight is 302 g/mol. The molecule has 3 N–H and O–H groups in total. The molecular formula is C14H12BrN3. The zero-order valence-electron chi connectivity index (χ0n) is 9.87. The molecule has 18 heavy (non-hydrogen) atoms. The number of rotatable bonds is 2.